The Morgan fingerprint density at radius 3 is 3.04 bits per heavy atom. The molecule has 1 saturated carbocycles. The number of β-amino-alcohol motifs (C(OH)–C–C–N with tert-alkyl or cyclic N) is 1. The van der Waals surface area contributed by atoms with Crippen molar-refractivity contribution in [1.29, 1.82) is 0 Å². The van der Waals surface area contributed by atoms with Crippen LogP contribution in [0.5, 0.6) is 0 Å². The summed E-state index contributed by atoms with van der Waals surface area (Å²) < 4.78 is 5.30. The molecule has 1 N–H and O–H groups in total. The fourth-order valence-electron chi connectivity index (χ4n) is 3.54. The van der Waals surface area contributed by atoms with Gasteiger partial charge in [0.25, 0.3) is 0 Å². The molecule has 138 valence electrons. The van der Waals surface area contributed by atoms with E-state index in [0.717, 1.165) is 30.8 Å². The topological polar surface area (TPSA) is 92.4 Å². The van der Waals surface area contributed by atoms with Crippen LogP contribution in [-0.2, 0) is 17.6 Å². The Hall–Kier alpha value is -2.28. The van der Waals surface area contributed by atoms with Gasteiger partial charge in [-0.1, -0.05) is 11.2 Å². The second-order valence-corrected chi connectivity index (χ2v) is 7.46. The number of hydrogen-bond acceptors (Lipinski definition) is 6. The molecule has 2 fully saturated rings. The molecule has 7 nitrogen and oxygen atoms in total. The SMILES string of the molecule is O=C(CCc1ccccn1)N1CCCC(O)(Cc2nc(C3CC3)no2)C1. The zero-order valence-corrected chi connectivity index (χ0v) is 14.8. The summed E-state index contributed by atoms with van der Waals surface area (Å²) in [5.41, 5.74) is -0.0849. The van der Waals surface area contributed by atoms with E-state index < -0.39 is 5.60 Å². The van der Waals surface area contributed by atoms with Crippen molar-refractivity contribution >= 4 is 5.91 Å². The highest BCUT2D eigenvalue weighted by Gasteiger charge is 2.37. The first-order chi connectivity index (χ1) is 12.6. The Bertz CT molecular complexity index is 759. The second kappa shape index (κ2) is 7.15. The average Bonchev–Trinajstić information content (AvgIpc) is 3.40. The number of carbonyl (C=O) groups excluding carboxylic acids is 1. The molecule has 1 aliphatic heterocycles. The predicted molar refractivity (Wildman–Crippen MR) is 93.3 cm³/mol. The van der Waals surface area contributed by atoms with E-state index in [9.17, 15) is 9.90 Å². The monoisotopic (exact) mass is 356 g/mol. The number of likely N-dealkylation sites (tertiary alicyclic amines) is 1. The van der Waals surface area contributed by atoms with Gasteiger partial charge in [-0.2, -0.15) is 4.98 Å². The van der Waals surface area contributed by atoms with Gasteiger partial charge in [-0.05, 0) is 44.2 Å². The minimum Gasteiger partial charge on any atom is -0.388 e. The highest BCUT2D eigenvalue weighted by atomic mass is 16.5. The zero-order valence-electron chi connectivity index (χ0n) is 14.8. The third-order valence-corrected chi connectivity index (χ3v) is 5.14. The van der Waals surface area contributed by atoms with Crippen molar-refractivity contribution in [3.8, 4) is 0 Å². The molecule has 1 unspecified atom stereocenters. The van der Waals surface area contributed by atoms with E-state index in [1.807, 2.05) is 18.2 Å². The maximum atomic E-state index is 12.5. The van der Waals surface area contributed by atoms with Gasteiger partial charge in [-0.25, -0.2) is 0 Å². The third kappa shape index (κ3) is 4.09. The number of rotatable bonds is 6. The molecule has 2 aliphatic rings. The van der Waals surface area contributed by atoms with Crippen molar-refractivity contribution in [3.63, 3.8) is 0 Å². The quantitative estimate of drug-likeness (QED) is 0.849. The van der Waals surface area contributed by atoms with Crippen LogP contribution in [0.1, 0.15) is 55.4 Å². The summed E-state index contributed by atoms with van der Waals surface area (Å²) in [5.74, 6) is 1.70. The van der Waals surface area contributed by atoms with E-state index in [2.05, 4.69) is 15.1 Å². The Morgan fingerprint density at radius 2 is 2.27 bits per heavy atom. The van der Waals surface area contributed by atoms with Crippen molar-refractivity contribution in [2.45, 2.75) is 56.5 Å². The molecule has 2 aromatic heterocycles. The summed E-state index contributed by atoms with van der Waals surface area (Å²) in [4.78, 5) is 23.0. The highest BCUT2D eigenvalue weighted by Crippen LogP contribution is 2.38. The summed E-state index contributed by atoms with van der Waals surface area (Å²) in [7, 11) is 0. The number of aromatic nitrogens is 3. The first-order valence-corrected chi connectivity index (χ1v) is 9.34. The van der Waals surface area contributed by atoms with E-state index in [1.54, 1.807) is 11.1 Å². The van der Waals surface area contributed by atoms with Crippen LogP contribution in [0, 0.1) is 0 Å². The molecule has 2 aromatic rings. The van der Waals surface area contributed by atoms with Gasteiger partial charge >= 0.3 is 0 Å². The fraction of sp³-hybridized carbons (Fsp3) is 0.579. The number of aryl methyl sites for hydroxylation is 1. The molecule has 4 rings (SSSR count). The summed E-state index contributed by atoms with van der Waals surface area (Å²) in [6.07, 6.45) is 6.69. The average molecular weight is 356 g/mol. The number of pyridine rings is 1. The minimum atomic E-state index is -0.994. The van der Waals surface area contributed by atoms with Crippen LogP contribution in [0.2, 0.25) is 0 Å². The fourth-order valence-corrected chi connectivity index (χ4v) is 3.54. The van der Waals surface area contributed by atoms with E-state index in [4.69, 9.17) is 4.52 Å². The lowest BCUT2D eigenvalue weighted by molar-refractivity contribution is -0.138. The van der Waals surface area contributed by atoms with Crippen molar-refractivity contribution in [2.75, 3.05) is 13.1 Å². The molecule has 26 heavy (non-hydrogen) atoms. The van der Waals surface area contributed by atoms with Gasteiger partial charge in [0, 0.05) is 37.3 Å². The maximum Gasteiger partial charge on any atom is 0.229 e. The summed E-state index contributed by atoms with van der Waals surface area (Å²) in [5, 5.41) is 15.0. The Labute approximate surface area is 152 Å². The maximum absolute atomic E-state index is 12.5. The molecule has 3 heterocycles. The third-order valence-electron chi connectivity index (χ3n) is 5.14. The number of nitrogens with zero attached hydrogens (tertiary/aromatic N) is 4. The molecule has 0 radical (unpaired) electrons. The van der Waals surface area contributed by atoms with E-state index in [0.29, 0.717) is 50.6 Å². The van der Waals surface area contributed by atoms with Gasteiger partial charge < -0.3 is 14.5 Å². The van der Waals surface area contributed by atoms with Gasteiger partial charge in [-0.3, -0.25) is 9.78 Å². The van der Waals surface area contributed by atoms with Crippen molar-refractivity contribution in [2.24, 2.45) is 0 Å². The Morgan fingerprint density at radius 1 is 1.38 bits per heavy atom. The van der Waals surface area contributed by atoms with E-state index in [1.165, 1.54) is 0 Å². The van der Waals surface area contributed by atoms with Gasteiger partial charge in [0.2, 0.25) is 11.8 Å². The zero-order chi connectivity index (χ0) is 18.0. The van der Waals surface area contributed by atoms with E-state index >= 15 is 0 Å². The largest absolute Gasteiger partial charge is 0.388 e. The van der Waals surface area contributed by atoms with Crippen LogP contribution in [0.4, 0.5) is 0 Å². The van der Waals surface area contributed by atoms with Crippen LogP contribution in [0.25, 0.3) is 0 Å². The molecule has 0 bridgehead atoms. The molecule has 1 atom stereocenters. The van der Waals surface area contributed by atoms with Crippen molar-refractivity contribution in [3.05, 3.63) is 41.8 Å². The second-order valence-electron chi connectivity index (χ2n) is 7.46. The minimum absolute atomic E-state index is 0.0537. The van der Waals surface area contributed by atoms with Crippen LogP contribution in [-0.4, -0.2) is 49.7 Å². The molecule has 0 spiro atoms. The first-order valence-electron chi connectivity index (χ1n) is 9.34. The van der Waals surface area contributed by atoms with Crippen molar-refractivity contribution in [1.82, 2.24) is 20.0 Å². The normalized spacial score (nSPS) is 23.2. The number of amides is 1. The van der Waals surface area contributed by atoms with Crippen molar-refractivity contribution < 1.29 is 14.4 Å². The summed E-state index contributed by atoms with van der Waals surface area (Å²) in [6, 6.07) is 5.71. The van der Waals surface area contributed by atoms with Gasteiger partial charge in [0.1, 0.15) is 0 Å². The number of aliphatic hydroxyl groups is 1. The van der Waals surface area contributed by atoms with E-state index in [-0.39, 0.29) is 5.91 Å². The predicted octanol–water partition coefficient (Wildman–Crippen LogP) is 1.87. The van der Waals surface area contributed by atoms with Crippen LogP contribution < -0.4 is 0 Å². The summed E-state index contributed by atoms with van der Waals surface area (Å²) >= 11 is 0. The molecule has 7 heteroatoms. The summed E-state index contributed by atoms with van der Waals surface area (Å²) in [6.45, 7) is 0.996. The molecule has 1 aliphatic carbocycles. The molecule has 0 aromatic carbocycles. The number of piperidine rings is 1. The first kappa shape index (κ1) is 17.1. The van der Waals surface area contributed by atoms with Crippen LogP contribution >= 0.6 is 0 Å². The van der Waals surface area contributed by atoms with Gasteiger partial charge in [-0.15, -0.1) is 0 Å². The standard InChI is InChI=1S/C19H24N4O3/c24-17(8-7-15-4-1-2-10-20-15)23-11-3-9-19(25,13-23)12-16-21-18(22-26-16)14-5-6-14/h1-2,4,10,14,25H,3,5-9,11-13H2. The molecule has 1 saturated heterocycles. The lowest BCUT2D eigenvalue weighted by atomic mass is 9.89. The van der Waals surface area contributed by atoms with Gasteiger partial charge in [0.15, 0.2) is 5.82 Å². The molecular formula is C19H24N4O3. The van der Waals surface area contributed by atoms with Gasteiger partial charge in [0.05, 0.1) is 12.0 Å². The Kier molecular flexibility index (Phi) is 4.72. The number of hydrogen-bond donors (Lipinski definition) is 1. The number of carbonyl (C=O) groups is 1. The molecule has 1 amide bonds. The lowest BCUT2D eigenvalue weighted by Gasteiger charge is -2.38. The van der Waals surface area contributed by atoms with Crippen LogP contribution in [0.3, 0.4) is 0 Å². The highest BCUT2D eigenvalue weighted by molar-refractivity contribution is 5.76. The molecular weight excluding hydrogens is 332 g/mol. The lowest BCUT2D eigenvalue weighted by Crippen LogP contribution is -2.51. The Balaban J connectivity index is 1.33. The smallest absolute Gasteiger partial charge is 0.229 e. The van der Waals surface area contributed by atoms with Crippen LogP contribution in [0.15, 0.2) is 28.9 Å².